The SMILES string of the molecule is COc1cc(N2C[C@H]3COC[C@@H](C(=O)NC(C)C)[C@H]3C2)ncn1. The minimum absolute atomic E-state index is 0.0927. The van der Waals surface area contributed by atoms with Crippen molar-refractivity contribution in [3.05, 3.63) is 12.4 Å². The molecule has 1 aromatic heterocycles. The smallest absolute Gasteiger partial charge is 0.225 e. The van der Waals surface area contributed by atoms with E-state index in [0.29, 0.717) is 30.9 Å². The van der Waals surface area contributed by atoms with E-state index < -0.39 is 0 Å². The van der Waals surface area contributed by atoms with E-state index in [2.05, 4.69) is 20.2 Å². The monoisotopic (exact) mass is 320 g/mol. The molecule has 2 fully saturated rings. The molecule has 2 aliphatic rings. The fourth-order valence-corrected chi connectivity index (χ4v) is 3.46. The molecule has 0 radical (unpaired) electrons. The lowest BCUT2D eigenvalue weighted by atomic mass is 9.82. The van der Waals surface area contributed by atoms with Crippen LogP contribution in [0.2, 0.25) is 0 Å². The van der Waals surface area contributed by atoms with E-state index in [0.717, 1.165) is 18.9 Å². The third kappa shape index (κ3) is 3.39. The average molecular weight is 320 g/mol. The number of rotatable bonds is 4. The van der Waals surface area contributed by atoms with Gasteiger partial charge in [0.15, 0.2) is 0 Å². The standard InChI is InChI=1S/C16H24N4O3/c1-10(2)19-16(21)13-8-23-7-11-5-20(6-12(11)13)14-4-15(22-3)18-9-17-14/h4,9-13H,5-8H2,1-3H3,(H,19,21)/t11-,12-,13+/m0/s1. The van der Waals surface area contributed by atoms with Crippen molar-refractivity contribution >= 4 is 11.7 Å². The van der Waals surface area contributed by atoms with Crippen molar-refractivity contribution < 1.29 is 14.3 Å². The van der Waals surface area contributed by atoms with Gasteiger partial charge in [-0.1, -0.05) is 0 Å². The Kier molecular flexibility index (Phi) is 4.66. The van der Waals surface area contributed by atoms with Gasteiger partial charge >= 0.3 is 0 Å². The third-order valence-electron chi connectivity index (χ3n) is 4.57. The Bertz CT molecular complexity index is 566. The molecule has 7 heteroatoms. The van der Waals surface area contributed by atoms with E-state index in [1.54, 1.807) is 7.11 Å². The Hall–Kier alpha value is -1.89. The van der Waals surface area contributed by atoms with Gasteiger partial charge in [0.2, 0.25) is 11.8 Å². The number of hydrogen-bond acceptors (Lipinski definition) is 6. The van der Waals surface area contributed by atoms with Crippen LogP contribution in [-0.4, -0.2) is 55.3 Å². The molecule has 3 atom stereocenters. The highest BCUT2D eigenvalue weighted by Crippen LogP contribution is 2.36. The summed E-state index contributed by atoms with van der Waals surface area (Å²) < 4.78 is 10.9. The highest BCUT2D eigenvalue weighted by Gasteiger charge is 2.44. The lowest BCUT2D eigenvalue weighted by molar-refractivity contribution is -0.134. The molecule has 0 aromatic carbocycles. The van der Waals surface area contributed by atoms with Crippen LogP contribution in [0.4, 0.5) is 5.82 Å². The molecule has 0 aliphatic carbocycles. The van der Waals surface area contributed by atoms with Gasteiger partial charge in [0.1, 0.15) is 12.1 Å². The predicted molar refractivity (Wildman–Crippen MR) is 85.4 cm³/mol. The summed E-state index contributed by atoms with van der Waals surface area (Å²) in [6.07, 6.45) is 1.51. The Labute approximate surface area is 136 Å². The summed E-state index contributed by atoms with van der Waals surface area (Å²) in [5, 5.41) is 3.01. The summed E-state index contributed by atoms with van der Waals surface area (Å²) in [5.74, 6) is 2.04. The Morgan fingerprint density at radius 2 is 2.22 bits per heavy atom. The molecule has 7 nitrogen and oxygen atoms in total. The van der Waals surface area contributed by atoms with Crippen molar-refractivity contribution in [3.63, 3.8) is 0 Å². The topological polar surface area (TPSA) is 76.6 Å². The molecule has 3 heterocycles. The second-order valence-electron chi connectivity index (χ2n) is 6.55. The van der Waals surface area contributed by atoms with Crippen LogP contribution in [0.3, 0.4) is 0 Å². The van der Waals surface area contributed by atoms with Gasteiger partial charge in [-0.25, -0.2) is 9.97 Å². The second-order valence-corrected chi connectivity index (χ2v) is 6.55. The first kappa shape index (κ1) is 16.0. The van der Waals surface area contributed by atoms with E-state index in [9.17, 15) is 4.79 Å². The fourth-order valence-electron chi connectivity index (χ4n) is 3.46. The first-order chi connectivity index (χ1) is 11.1. The molecule has 2 saturated heterocycles. The number of amides is 1. The first-order valence-corrected chi connectivity index (χ1v) is 8.07. The van der Waals surface area contributed by atoms with Gasteiger partial charge in [0.05, 0.1) is 26.2 Å². The van der Waals surface area contributed by atoms with Gasteiger partial charge in [-0.2, -0.15) is 0 Å². The molecule has 0 unspecified atom stereocenters. The summed E-state index contributed by atoms with van der Waals surface area (Å²) in [4.78, 5) is 23.0. The third-order valence-corrected chi connectivity index (χ3v) is 4.57. The van der Waals surface area contributed by atoms with Crippen molar-refractivity contribution in [2.75, 3.05) is 38.3 Å². The zero-order valence-corrected chi connectivity index (χ0v) is 13.9. The fraction of sp³-hybridized carbons (Fsp3) is 0.688. The zero-order valence-electron chi connectivity index (χ0n) is 13.9. The van der Waals surface area contributed by atoms with Crippen LogP contribution < -0.4 is 15.0 Å². The number of carbonyl (C=O) groups excluding carboxylic acids is 1. The molecule has 0 bridgehead atoms. The number of carbonyl (C=O) groups is 1. The summed E-state index contributed by atoms with van der Waals surface area (Å²) >= 11 is 0. The number of fused-ring (bicyclic) bond motifs is 1. The molecular formula is C16H24N4O3. The van der Waals surface area contributed by atoms with Gasteiger partial charge < -0.3 is 19.7 Å². The number of anilines is 1. The van der Waals surface area contributed by atoms with Crippen molar-refractivity contribution in [1.82, 2.24) is 15.3 Å². The molecular weight excluding hydrogens is 296 g/mol. The van der Waals surface area contributed by atoms with Crippen LogP contribution in [0, 0.1) is 17.8 Å². The van der Waals surface area contributed by atoms with Crippen molar-refractivity contribution in [3.8, 4) is 5.88 Å². The van der Waals surface area contributed by atoms with Crippen LogP contribution in [0.15, 0.2) is 12.4 Å². The Morgan fingerprint density at radius 3 is 2.96 bits per heavy atom. The molecule has 23 heavy (non-hydrogen) atoms. The number of nitrogens with zero attached hydrogens (tertiary/aromatic N) is 3. The zero-order chi connectivity index (χ0) is 16.4. The summed E-state index contributed by atoms with van der Waals surface area (Å²) in [6, 6.07) is 1.98. The lowest BCUT2D eigenvalue weighted by Crippen LogP contribution is -2.46. The normalized spacial score (nSPS) is 27.0. The van der Waals surface area contributed by atoms with Gasteiger partial charge in [-0.3, -0.25) is 4.79 Å². The largest absolute Gasteiger partial charge is 0.481 e. The number of aromatic nitrogens is 2. The highest BCUT2D eigenvalue weighted by atomic mass is 16.5. The molecule has 1 aromatic rings. The first-order valence-electron chi connectivity index (χ1n) is 8.07. The maximum absolute atomic E-state index is 12.4. The van der Waals surface area contributed by atoms with Gasteiger partial charge in [-0.05, 0) is 19.8 Å². The Morgan fingerprint density at radius 1 is 1.39 bits per heavy atom. The highest BCUT2D eigenvalue weighted by molar-refractivity contribution is 5.79. The van der Waals surface area contributed by atoms with Crippen LogP contribution in [0.25, 0.3) is 0 Å². The minimum atomic E-state index is -0.0927. The van der Waals surface area contributed by atoms with Crippen molar-refractivity contribution in [1.29, 1.82) is 0 Å². The summed E-state index contributed by atoms with van der Waals surface area (Å²) in [5.41, 5.74) is 0. The van der Waals surface area contributed by atoms with Crippen LogP contribution >= 0.6 is 0 Å². The van der Waals surface area contributed by atoms with E-state index in [1.807, 2.05) is 19.9 Å². The van der Waals surface area contributed by atoms with Gasteiger partial charge in [0.25, 0.3) is 0 Å². The number of methoxy groups -OCH3 is 1. The van der Waals surface area contributed by atoms with Crippen molar-refractivity contribution in [2.24, 2.45) is 17.8 Å². The molecule has 1 N–H and O–H groups in total. The van der Waals surface area contributed by atoms with Crippen LogP contribution in [0.1, 0.15) is 13.8 Å². The lowest BCUT2D eigenvalue weighted by Gasteiger charge is -2.32. The van der Waals surface area contributed by atoms with E-state index in [-0.39, 0.29) is 17.9 Å². The number of nitrogens with one attached hydrogen (secondary N) is 1. The molecule has 0 saturated carbocycles. The Balaban J connectivity index is 1.73. The molecule has 2 aliphatic heterocycles. The molecule has 1 amide bonds. The molecule has 3 rings (SSSR count). The molecule has 0 spiro atoms. The number of ether oxygens (including phenoxy) is 2. The van der Waals surface area contributed by atoms with E-state index >= 15 is 0 Å². The van der Waals surface area contributed by atoms with E-state index in [1.165, 1.54) is 6.33 Å². The van der Waals surface area contributed by atoms with E-state index in [4.69, 9.17) is 9.47 Å². The maximum atomic E-state index is 12.4. The van der Waals surface area contributed by atoms with Gasteiger partial charge in [0, 0.05) is 31.1 Å². The van der Waals surface area contributed by atoms with Crippen molar-refractivity contribution in [2.45, 2.75) is 19.9 Å². The van der Waals surface area contributed by atoms with Crippen LogP contribution in [0.5, 0.6) is 5.88 Å². The van der Waals surface area contributed by atoms with Gasteiger partial charge in [-0.15, -0.1) is 0 Å². The molecule has 126 valence electrons. The minimum Gasteiger partial charge on any atom is -0.481 e. The average Bonchev–Trinajstić information content (AvgIpc) is 2.98. The number of hydrogen-bond donors (Lipinski definition) is 1. The second kappa shape index (κ2) is 6.70. The quantitative estimate of drug-likeness (QED) is 0.880. The maximum Gasteiger partial charge on any atom is 0.225 e. The van der Waals surface area contributed by atoms with Crippen LogP contribution in [-0.2, 0) is 9.53 Å². The predicted octanol–water partition coefficient (Wildman–Crippen LogP) is 0.709. The summed E-state index contributed by atoms with van der Waals surface area (Å²) in [7, 11) is 1.59. The summed E-state index contributed by atoms with van der Waals surface area (Å²) in [6.45, 7) is 6.82.